The van der Waals surface area contributed by atoms with Crippen molar-refractivity contribution in [1.29, 1.82) is 0 Å². The lowest BCUT2D eigenvalue weighted by molar-refractivity contribution is 0.0501. The van der Waals surface area contributed by atoms with Gasteiger partial charge in [0.05, 0.1) is 19.3 Å². The molecular formula is C12H16Cl2N2O3. The summed E-state index contributed by atoms with van der Waals surface area (Å²) >= 11 is 11.7. The number of halogens is 2. The highest BCUT2D eigenvalue weighted by molar-refractivity contribution is 6.35. The Balaban J connectivity index is 2.58. The summed E-state index contributed by atoms with van der Waals surface area (Å²) < 4.78 is 4.79. The molecule has 0 aromatic heterocycles. The summed E-state index contributed by atoms with van der Waals surface area (Å²) in [5, 5.41) is 13.0. The molecule has 0 spiro atoms. The number of urea groups is 1. The maximum atomic E-state index is 11.9. The molecule has 0 bridgehead atoms. The van der Waals surface area contributed by atoms with E-state index >= 15 is 0 Å². The Bertz CT molecular complexity index is 423. The molecule has 0 aliphatic heterocycles. The molecule has 0 aliphatic rings. The average molecular weight is 307 g/mol. The fraction of sp³-hybridized carbons (Fsp3) is 0.417. The summed E-state index contributed by atoms with van der Waals surface area (Å²) in [7, 11) is 3.05. The van der Waals surface area contributed by atoms with Crippen molar-refractivity contribution < 1.29 is 14.6 Å². The molecule has 0 aliphatic carbocycles. The van der Waals surface area contributed by atoms with Gasteiger partial charge in [0.25, 0.3) is 0 Å². The highest BCUT2D eigenvalue weighted by Gasteiger charge is 2.14. The van der Waals surface area contributed by atoms with Crippen LogP contribution in [0.25, 0.3) is 0 Å². The molecule has 2 N–H and O–H groups in total. The molecule has 1 unspecified atom stereocenters. The molecule has 1 aromatic carbocycles. The molecular weight excluding hydrogens is 291 g/mol. The number of ether oxygens (including phenoxy) is 1. The van der Waals surface area contributed by atoms with Crippen LogP contribution in [-0.4, -0.2) is 49.5 Å². The number of nitrogens with one attached hydrogen (secondary N) is 1. The largest absolute Gasteiger partial charge is 0.389 e. The molecule has 0 radical (unpaired) electrons. The topological polar surface area (TPSA) is 61.8 Å². The fourth-order valence-electron chi connectivity index (χ4n) is 1.49. The Morgan fingerprint density at radius 1 is 1.42 bits per heavy atom. The summed E-state index contributed by atoms with van der Waals surface area (Å²) in [6.45, 7) is 0.328. The van der Waals surface area contributed by atoms with Crippen molar-refractivity contribution in [2.24, 2.45) is 0 Å². The normalized spacial score (nSPS) is 12.1. The first kappa shape index (κ1) is 16.0. The standard InChI is InChI=1S/C12H16Cl2N2O3/c1-16(6-11(17)7-19-2)12(18)15-10-4-8(13)3-9(14)5-10/h3-5,11,17H,6-7H2,1-2H3,(H,15,18). The summed E-state index contributed by atoms with van der Waals surface area (Å²) in [4.78, 5) is 13.2. The van der Waals surface area contributed by atoms with Crippen LogP contribution in [0.2, 0.25) is 10.0 Å². The Hall–Kier alpha value is -1.01. The van der Waals surface area contributed by atoms with E-state index in [-0.39, 0.29) is 19.2 Å². The highest BCUT2D eigenvalue weighted by atomic mass is 35.5. The molecule has 5 nitrogen and oxygen atoms in total. The van der Waals surface area contributed by atoms with Crippen LogP contribution >= 0.6 is 23.2 Å². The van der Waals surface area contributed by atoms with Crippen molar-refractivity contribution >= 4 is 34.9 Å². The van der Waals surface area contributed by atoms with Gasteiger partial charge in [-0.2, -0.15) is 0 Å². The summed E-state index contributed by atoms with van der Waals surface area (Å²) in [5.41, 5.74) is 0.496. The number of aliphatic hydroxyl groups is 1. The monoisotopic (exact) mass is 306 g/mol. The fourth-order valence-corrected chi connectivity index (χ4v) is 2.02. The van der Waals surface area contributed by atoms with Crippen LogP contribution in [0, 0.1) is 0 Å². The van der Waals surface area contributed by atoms with Gasteiger partial charge in [0.1, 0.15) is 0 Å². The summed E-state index contributed by atoms with van der Waals surface area (Å²) in [6, 6.07) is 4.38. The second-order valence-corrected chi connectivity index (χ2v) is 4.95. The van der Waals surface area contributed by atoms with Gasteiger partial charge in [-0.15, -0.1) is 0 Å². The number of methoxy groups -OCH3 is 1. The molecule has 0 saturated heterocycles. The maximum Gasteiger partial charge on any atom is 0.321 e. The minimum Gasteiger partial charge on any atom is -0.389 e. The van der Waals surface area contributed by atoms with Crippen molar-refractivity contribution in [1.82, 2.24) is 4.90 Å². The third-order valence-electron chi connectivity index (χ3n) is 2.30. The van der Waals surface area contributed by atoms with Gasteiger partial charge < -0.3 is 20.1 Å². The molecule has 19 heavy (non-hydrogen) atoms. The average Bonchev–Trinajstić information content (AvgIpc) is 2.27. The van der Waals surface area contributed by atoms with E-state index in [2.05, 4.69) is 5.32 Å². The van der Waals surface area contributed by atoms with Gasteiger partial charge in [0.15, 0.2) is 0 Å². The predicted molar refractivity (Wildman–Crippen MR) is 76.0 cm³/mol. The Morgan fingerprint density at radius 2 is 2.00 bits per heavy atom. The minimum absolute atomic E-state index is 0.161. The molecule has 0 fully saturated rings. The number of hydrogen-bond acceptors (Lipinski definition) is 3. The third kappa shape index (κ3) is 5.65. The van der Waals surface area contributed by atoms with E-state index in [1.807, 2.05) is 0 Å². The van der Waals surface area contributed by atoms with Gasteiger partial charge in [0, 0.05) is 29.9 Å². The molecule has 7 heteroatoms. The van der Waals surface area contributed by atoms with E-state index < -0.39 is 6.10 Å². The lowest BCUT2D eigenvalue weighted by atomic mass is 10.3. The quantitative estimate of drug-likeness (QED) is 0.878. The van der Waals surface area contributed by atoms with Gasteiger partial charge >= 0.3 is 6.03 Å². The number of likely N-dealkylation sites (N-methyl/N-ethyl adjacent to an activating group) is 1. The molecule has 1 aromatic rings. The molecule has 2 amide bonds. The SMILES string of the molecule is COCC(O)CN(C)C(=O)Nc1cc(Cl)cc(Cl)c1. The number of rotatable bonds is 5. The predicted octanol–water partition coefficient (Wildman–Crippen LogP) is 2.46. The Labute approximate surface area is 122 Å². The lowest BCUT2D eigenvalue weighted by Gasteiger charge is -2.21. The first-order valence-corrected chi connectivity index (χ1v) is 6.33. The van der Waals surface area contributed by atoms with Crippen LogP contribution in [0.1, 0.15) is 0 Å². The van der Waals surface area contributed by atoms with Crippen molar-refractivity contribution in [2.75, 3.05) is 32.6 Å². The van der Waals surface area contributed by atoms with Crippen LogP contribution in [0.5, 0.6) is 0 Å². The van der Waals surface area contributed by atoms with Crippen molar-refractivity contribution in [3.05, 3.63) is 28.2 Å². The second kappa shape index (κ2) is 7.55. The van der Waals surface area contributed by atoms with Gasteiger partial charge in [-0.05, 0) is 18.2 Å². The van der Waals surface area contributed by atoms with Gasteiger partial charge in [-0.25, -0.2) is 4.79 Å². The lowest BCUT2D eigenvalue weighted by Crippen LogP contribution is -2.38. The first-order chi connectivity index (χ1) is 8.92. The first-order valence-electron chi connectivity index (χ1n) is 5.57. The van der Waals surface area contributed by atoms with E-state index in [1.165, 1.54) is 12.0 Å². The maximum absolute atomic E-state index is 11.9. The van der Waals surface area contributed by atoms with Crippen LogP contribution in [-0.2, 0) is 4.74 Å². The number of hydrogen-bond donors (Lipinski definition) is 2. The van der Waals surface area contributed by atoms with Gasteiger partial charge in [-0.1, -0.05) is 23.2 Å². The number of amides is 2. The zero-order chi connectivity index (χ0) is 14.4. The van der Waals surface area contributed by atoms with E-state index in [9.17, 15) is 9.90 Å². The van der Waals surface area contributed by atoms with E-state index in [0.717, 1.165) is 0 Å². The van der Waals surface area contributed by atoms with Crippen molar-refractivity contribution in [2.45, 2.75) is 6.10 Å². The second-order valence-electron chi connectivity index (χ2n) is 4.08. The number of carbonyl (C=O) groups excluding carboxylic acids is 1. The number of benzene rings is 1. The smallest absolute Gasteiger partial charge is 0.321 e. The highest BCUT2D eigenvalue weighted by Crippen LogP contribution is 2.22. The summed E-state index contributed by atoms with van der Waals surface area (Å²) in [5.74, 6) is 0. The minimum atomic E-state index is -0.733. The summed E-state index contributed by atoms with van der Waals surface area (Å²) in [6.07, 6.45) is -0.733. The zero-order valence-corrected chi connectivity index (χ0v) is 12.2. The number of anilines is 1. The number of aliphatic hydroxyl groups excluding tert-OH is 1. The molecule has 0 saturated carbocycles. The third-order valence-corrected chi connectivity index (χ3v) is 2.74. The van der Waals surface area contributed by atoms with Crippen molar-refractivity contribution in [3.8, 4) is 0 Å². The van der Waals surface area contributed by atoms with Crippen LogP contribution in [0.15, 0.2) is 18.2 Å². The van der Waals surface area contributed by atoms with Crippen LogP contribution in [0.3, 0.4) is 0 Å². The Morgan fingerprint density at radius 3 is 2.53 bits per heavy atom. The van der Waals surface area contributed by atoms with Crippen LogP contribution in [0.4, 0.5) is 10.5 Å². The zero-order valence-electron chi connectivity index (χ0n) is 10.7. The molecule has 1 atom stereocenters. The van der Waals surface area contributed by atoms with E-state index in [4.69, 9.17) is 27.9 Å². The van der Waals surface area contributed by atoms with Crippen molar-refractivity contribution in [3.63, 3.8) is 0 Å². The van der Waals surface area contributed by atoms with Gasteiger partial charge in [-0.3, -0.25) is 0 Å². The molecule has 106 valence electrons. The Kier molecular flexibility index (Phi) is 6.37. The number of carbonyl (C=O) groups is 1. The molecule has 1 rings (SSSR count). The molecule has 0 heterocycles. The van der Waals surface area contributed by atoms with E-state index in [1.54, 1.807) is 25.2 Å². The van der Waals surface area contributed by atoms with Crippen LogP contribution < -0.4 is 5.32 Å². The number of nitrogens with zero attached hydrogens (tertiary/aromatic N) is 1. The van der Waals surface area contributed by atoms with E-state index in [0.29, 0.717) is 15.7 Å². The van der Waals surface area contributed by atoms with Gasteiger partial charge in [0.2, 0.25) is 0 Å².